The van der Waals surface area contributed by atoms with Crippen molar-refractivity contribution < 1.29 is 4.74 Å². The van der Waals surface area contributed by atoms with Crippen molar-refractivity contribution in [3.05, 3.63) is 54.1 Å². The largest absolute Gasteiger partial charge is 0.491 e. The van der Waals surface area contributed by atoms with Crippen LogP contribution in [0.5, 0.6) is 5.75 Å². The fourth-order valence-electron chi connectivity index (χ4n) is 2.19. The molecular weight excluding hydrogens is 254 g/mol. The predicted molar refractivity (Wildman–Crippen MR) is 80.9 cm³/mol. The lowest BCUT2D eigenvalue weighted by Gasteiger charge is -2.18. The molecule has 2 nitrogen and oxygen atoms in total. The minimum absolute atomic E-state index is 0.190. The molecule has 2 aromatic carbocycles. The van der Waals surface area contributed by atoms with E-state index < -0.39 is 0 Å². The highest BCUT2D eigenvalue weighted by Crippen LogP contribution is 2.48. The number of thioether (sulfide) groups is 1. The lowest BCUT2D eigenvalue weighted by Crippen LogP contribution is -2.10. The van der Waals surface area contributed by atoms with Gasteiger partial charge in [0.15, 0.2) is 0 Å². The summed E-state index contributed by atoms with van der Waals surface area (Å²) in [5.41, 5.74) is 2.41. The highest BCUT2D eigenvalue weighted by Gasteiger charge is 2.24. The minimum atomic E-state index is 0.190. The van der Waals surface area contributed by atoms with E-state index >= 15 is 0 Å². The van der Waals surface area contributed by atoms with Gasteiger partial charge in [0.05, 0.1) is 6.10 Å². The molecule has 1 heterocycles. The fourth-order valence-corrected chi connectivity index (χ4v) is 3.36. The van der Waals surface area contributed by atoms with E-state index in [1.54, 1.807) is 0 Å². The third-order valence-electron chi connectivity index (χ3n) is 2.98. The lowest BCUT2D eigenvalue weighted by atomic mass is 10.2. The molecule has 0 amide bonds. The van der Waals surface area contributed by atoms with Crippen molar-refractivity contribution in [1.82, 2.24) is 0 Å². The number of anilines is 1. The summed E-state index contributed by atoms with van der Waals surface area (Å²) in [5, 5.41) is 3.78. The summed E-state index contributed by atoms with van der Waals surface area (Å²) >= 11 is 1.84. The van der Waals surface area contributed by atoms with Crippen LogP contribution < -0.4 is 10.1 Å². The summed E-state index contributed by atoms with van der Waals surface area (Å²) in [7, 11) is 0. The zero-order chi connectivity index (χ0) is 13.2. The van der Waals surface area contributed by atoms with Gasteiger partial charge in [0.25, 0.3) is 0 Å². The van der Waals surface area contributed by atoms with Crippen molar-refractivity contribution in [3.8, 4) is 5.75 Å². The van der Waals surface area contributed by atoms with Crippen molar-refractivity contribution >= 4 is 17.4 Å². The first-order chi connectivity index (χ1) is 9.24. The Balaban J connectivity index is 1.89. The van der Waals surface area contributed by atoms with Gasteiger partial charge in [-0.1, -0.05) is 42.1 Å². The number of para-hydroxylation sites is 2. The maximum absolute atomic E-state index is 5.90. The van der Waals surface area contributed by atoms with E-state index in [1.165, 1.54) is 16.1 Å². The Labute approximate surface area is 118 Å². The van der Waals surface area contributed by atoms with Crippen LogP contribution in [0.15, 0.2) is 53.4 Å². The summed E-state index contributed by atoms with van der Waals surface area (Å²) < 4.78 is 5.90. The van der Waals surface area contributed by atoms with E-state index in [1.807, 2.05) is 23.9 Å². The van der Waals surface area contributed by atoms with Crippen molar-refractivity contribution in [3.63, 3.8) is 0 Å². The van der Waals surface area contributed by atoms with Crippen LogP contribution in [0, 0.1) is 0 Å². The molecule has 2 aromatic rings. The van der Waals surface area contributed by atoms with Crippen molar-refractivity contribution in [2.75, 3.05) is 5.32 Å². The second-order valence-corrected chi connectivity index (χ2v) is 5.99. The molecule has 3 heteroatoms. The zero-order valence-corrected chi connectivity index (χ0v) is 11.9. The molecule has 0 spiro atoms. The number of hydrogen-bond acceptors (Lipinski definition) is 3. The van der Waals surface area contributed by atoms with E-state index in [9.17, 15) is 0 Å². The first-order valence-corrected chi connectivity index (χ1v) is 7.40. The second-order valence-electron chi connectivity index (χ2n) is 4.84. The number of fused-ring (bicyclic) bond motifs is 1. The quantitative estimate of drug-likeness (QED) is 0.875. The third kappa shape index (κ3) is 2.56. The summed E-state index contributed by atoms with van der Waals surface area (Å²) in [6.07, 6.45) is 0.190. The molecule has 0 bridgehead atoms. The van der Waals surface area contributed by atoms with Crippen molar-refractivity contribution in [2.24, 2.45) is 0 Å². The molecule has 0 aromatic heterocycles. The topological polar surface area (TPSA) is 21.3 Å². The number of hydrogen-bond donors (Lipinski definition) is 1. The molecule has 0 saturated carbocycles. The molecule has 19 heavy (non-hydrogen) atoms. The fraction of sp³-hybridized carbons (Fsp3) is 0.250. The average Bonchev–Trinajstić information content (AvgIpc) is 2.82. The number of benzene rings is 2. The van der Waals surface area contributed by atoms with Crippen LogP contribution >= 0.6 is 11.8 Å². The summed E-state index contributed by atoms with van der Waals surface area (Å²) in [6.45, 7) is 4.11. The van der Waals surface area contributed by atoms with E-state index in [0.29, 0.717) is 0 Å². The monoisotopic (exact) mass is 271 g/mol. The highest BCUT2D eigenvalue weighted by molar-refractivity contribution is 8.00. The molecule has 98 valence electrons. The van der Waals surface area contributed by atoms with Gasteiger partial charge in [0.1, 0.15) is 11.1 Å². The molecule has 1 N–H and O–H groups in total. The Bertz CT molecular complexity index is 557. The van der Waals surface area contributed by atoms with Gasteiger partial charge in [-0.3, -0.25) is 0 Å². The van der Waals surface area contributed by atoms with Gasteiger partial charge < -0.3 is 10.1 Å². The van der Waals surface area contributed by atoms with Gasteiger partial charge in [-0.15, -0.1) is 0 Å². The Morgan fingerprint density at radius 1 is 1.05 bits per heavy atom. The molecular formula is C16H17NOS. The molecule has 1 atom stereocenters. The molecule has 1 aliphatic rings. The Hall–Kier alpha value is -1.61. The normalized spacial score (nSPS) is 17.1. The Kier molecular flexibility index (Phi) is 3.38. The predicted octanol–water partition coefficient (Wildman–Crippen LogP) is 4.69. The average molecular weight is 271 g/mol. The maximum Gasteiger partial charge on any atom is 0.125 e. The molecule has 1 unspecified atom stereocenters. The smallest absolute Gasteiger partial charge is 0.125 e. The SMILES string of the molecule is CC(C)Oc1ccccc1C1Nc2ccccc2S1. The number of nitrogens with one attached hydrogen (secondary N) is 1. The zero-order valence-electron chi connectivity index (χ0n) is 11.1. The van der Waals surface area contributed by atoms with E-state index in [-0.39, 0.29) is 11.5 Å². The van der Waals surface area contributed by atoms with Gasteiger partial charge in [-0.25, -0.2) is 0 Å². The van der Waals surface area contributed by atoms with Gasteiger partial charge in [-0.05, 0) is 32.0 Å². The van der Waals surface area contributed by atoms with Crippen LogP contribution in [0.3, 0.4) is 0 Å². The number of rotatable bonds is 3. The number of ether oxygens (including phenoxy) is 1. The van der Waals surface area contributed by atoms with Gasteiger partial charge in [0, 0.05) is 16.1 Å². The molecule has 3 rings (SSSR count). The van der Waals surface area contributed by atoms with E-state index in [4.69, 9.17) is 4.74 Å². The molecule has 0 saturated heterocycles. The Morgan fingerprint density at radius 3 is 2.58 bits per heavy atom. The highest BCUT2D eigenvalue weighted by atomic mass is 32.2. The van der Waals surface area contributed by atoms with Crippen molar-refractivity contribution in [2.45, 2.75) is 30.2 Å². The second kappa shape index (κ2) is 5.17. The first-order valence-electron chi connectivity index (χ1n) is 6.52. The van der Waals surface area contributed by atoms with Gasteiger partial charge in [-0.2, -0.15) is 0 Å². The van der Waals surface area contributed by atoms with Crippen LogP contribution in [0.25, 0.3) is 0 Å². The summed E-state index contributed by atoms with van der Waals surface area (Å²) in [4.78, 5) is 1.30. The van der Waals surface area contributed by atoms with Crippen LogP contribution in [0.1, 0.15) is 24.8 Å². The van der Waals surface area contributed by atoms with Crippen molar-refractivity contribution in [1.29, 1.82) is 0 Å². The minimum Gasteiger partial charge on any atom is -0.491 e. The van der Waals surface area contributed by atoms with E-state index in [0.717, 1.165) is 5.75 Å². The lowest BCUT2D eigenvalue weighted by molar-refractivity contribution is 0.240. The summed E-state index contributed by atoms with van der Waals surface area (Å²) in [5.74, 6) is 0.968. The van der Waals surface area contributed by atoms with Crippen LogP contribution in [0.2, 0.25) is 0 Å². The summed E-state index contributed by atoms with van der Waals surface area (Å²) in [6, 6.07) is 16.7. The van der Waals surface area contributed by atoms with E-state index in [2.05, 4.69) is 55.6 Å². The molecule has 0 fully saturated rings. The Morgan fingerprint density at radius 2 is 1.79 bits per heavy atom. The first kappa shape index (κ1) is 12.4. The molecule has 0 aliphatic carbocycles. The molecule has 0 radical (unpaired) electrons. The van der Waals surface area contributed by atoms with Crippen LogP contribution in [0.4, 0.5) is 5.69 Å². The standard InChI is InChI=1S/C16H17NOS/c1-11(2)18-14-9-5-3-7-12(14)16-17-13-8-4-6-10-15(13)19-16/h3-11,16-17H,1-2H3. The molecule has 1 aliphatic heterocycles. The van der Waals surface area contributed by atoms with Crippen LogP contribution in [-0.4, -0.2) is 6.10 Å². The third-order valence-corrected chi connectivity index (χ3v) is 4.20. The van der Waals surface area contributed by atoms with Gasteiger partial charge in [0.2, 0.25) is 0 Å². The van der Waals surface area contributed by atoms with Crippen LogP contribution in [-0.2, 0) is 0 Å². The van der Waals surface area contributed by atoms with Gasteiger partial charge >= 0.3 is 0 Å². The maximum atomic E-state index is 5.90.